The second-order valence-electron chi connectivity index (χ2n) is 5.04. The molecule has 1 fully saturated rings. The average molecular weight is 244 g/mol. The Morgan fingerprint density at radius 2 is 1.94 bits per heavy atom. The number of amides is 1. The number of hydrogen-bond acceptors (Lipinski definition) is 4. The maximum Gasteiger partial charge on any atom is 0.329 e. The normalized spacial score (nSPS) is 19.7. The fourth-order valence-corrected chi connectivity index (χ4v) is 1.59. The van der Waals surface area contributed by atoms with E-state index in [4.69, 9.17) is 10.5 Å². The topological polar surface area (TPSA) is 102 Å². The molecule has 0 aromatic carbocycles. The van der Waals surface area contributed by atoms with Gasteiger partial charge in [-0.1, -0.05) is 0 Å². The first-order valence-corrected chi connectivity index (χ1v) is 5.68. The lowest BCUT2D eigenvalue weighted by Gasteiger charge is -2.36. The Balaban J connectivity index is 2.81. The molecule has 0 spiro atoms. The van der Waals surface area contributed by atoms with Gasteiger partial charge in [-0.05, 0) is 13.8 Å². The minimum absolute atomic E-state index is 0.172. The van der Waals surface area contributed by atoms with Gasteiger partial charge in [-0.15, -0.1) is 0 Å². The summed E-state index contributed by atoms with van der Waals surface area (Å²) in [5, 5.41) is 11.9. The van der Waals surface area contributed by atoms with Gasteiger partial charge in [-0.3, -0.25) is 4.79 Å². The van der Waals surface area contributed by atoms with E-state index >= 15 is 0 Å². The van der Waals surface area contributed by atoms with E-state index in [2.05, 4.69) is 5.32 Å². The number of carbonyl (C=O) groups excluding carboxylic acids is 1. The van der Waals surface area contributed by atoms with Crippen molar-refractivity contribution in [2.45, 2.75) is 32.2 Å². The number of hydrogen-bond donors (Lipinski definition) is 3. The first-order valence-electron chi connectivity index (χ1n) is 5.68. The molecule has 0 aromatic rings. The van der Waals surface area contributed by atoms with Crippen LogP contribution in [0, 0.1) is 5.41 Å². The van der Waals surface area contributed by atoms with Crippen molar-refractivity contribution in [3.8, 4) is 0 Å². The Hall–Kier alpha value is -1.14. The zero-order chi connectivity index (χ0) is 13.1. The summed E-state index contributed by atoms with van der Waals surface area (Å²) in [5.74, 6) is -1.34. The van der Waals surface area contributed by atoms with Crippen LogP contribution in [-0.2, 0) is 14.3 Å². The second-order valence-corrected chi connectivity index (χ2v) is 5.04. The van der Waals surface area contributed by atoms with E-state index in [1.165, 1.54) is 0 Å². The number of nitrogens with two attached hydrogens (primary N) is 1. The minimum atomic E-state index is -1.21. The lowest BCUT2D eigenvalue weighted by molar-refractivity contribution is -0.153. The molecule has 1 saturated heterocycles. The Morgan fingerprint density at radius 3 is 2.35 bits per heavy atom. The number of ether oxygens (including phenoxy) is 1. The van der Waals surface area contributed by atoms with Crippen LogP contribution in [0.5, 0.6) is 0 Å². The molecule has 4 N–H and O–H groups in total. The summed E-state index contributed by atoms with van der Waals surface area (Å²) in [6.07, 6.45) is 0.573. The quantitative estimate of drug-likeness (QED) is 0.631. The van der Waals surface area contributed by atoms with E-state index in [0.717, 1.165) is 0 Å². The Bertz CT molecular complexity index is 309. The third-order valence-corrected chi connectivity index (χ3v) is 3.23. The largest absolute Gasteiger partial charge is 0.480 e. The van der Waals surface area contributed by atoms with Crippen molar-refractivity contribution in [1.29, 1.82) is 0 Å². The van der Waals surface area contributed by atoms with Crippen LogP contribution in [0.1, 0.15) is 26.7 Å². The summed E-state index contributed by atoms with van der Waals surface area (Å²) in [7, 11) is 0. The molecule has 6 nitrogen and oxygen atoms in total. The number of rotatable bonds is 4. The van der Waals surface area contributed by atoms with Gasteiger partial charge >= 0.3 is 5.97 Å². The van der Waals surface area contributed by atoms with E-state index in [1.807, 2.05) is 0 Å². The standard InChI is InChI=1S/C11H20N2O4/c1-10(2,7-12)8(14)13-11(9(15)16)3-5-17-6-4-11/h3-7,12H2,1-2H3,(H,13,14)(H,15,16). The van der Waals surface area contributed by atoms with Crippen molar-refractivity contribution in [3.05, 3.63) is 0 Å². The zero-order valence-electron chi connectivity index (χ0n) is 10.3. The predicted octanol–water partition coefficient (Wildman–Crippen LogP) is -0.279. The Kier molecular flexibility index (Phi) is 4.11. The summed E-state index contributed by atoms with van der Waals surface area (Å²) >= 11 is 0. The van der Waals surface area contributed by atoms with Crippen molar-refractivity contribution in [3.63, 3.8) is 0 Å². The molecule has 0 bridgehead atoms. The average Bonchev–Trinajstić information content (AvgIpc) is 2.30. The third-order valence-electron chi connectivity index (χ3n) is 3.23. The Labute approximate surface area is 101 Å². The van der Waals surface area contributed by atoms with Gasteiger partial charge in [0.15, 0.2) is 0 Å². The van der Waals surface area contributed by atoms with Crippen molar-refractivity contribution < 1.29 is 19.4 Å². The fraction of sp³-hybridized carbons (Fsp3) is 0.818. The van der Waals surface area contributed by atoms with Gasteiger partial charge in [-0.25, -0.2) is 4.79 Å². The van der Waals surface area contributed by atoms with Crippen LogP contribution in [0.25, 0.3) is 0 Å². The third kappa shape index (κ3) is 2.95. The SMILES string of the molecule is CC(C)(CN)C(=O)NC1(C(=O)O)CCOCC1. The molecule has 1 aliphatic heterocycles. The van der Waals surface area contributed by atoms with Crippen LogP contribution in [0.2, 0.25) is 0 Å². The number of nitrogens with one attached hydrogen (secondary N) is 1. The Morgan fingerprint density at radius 1 is 1.41 bits per heavy atom. The van der Waals surface area contributed by atoms with Gasteiger partial charge in [-0.2, -0.15) is 0 Å². The highest BCUT2D eigenvalue weighted by Gasteiger charge is 2.43. The predicted molar refractivity (Wildman–Crippen MR) is 61.4 cm³/mol. The van der Waals surface area contributed by atoms with E-state index in [1.54, 1.807) is 13.8 Å². The number of carboxylic acid groups (broad SMARTS) is 1. The maximum atomic E-state index is 12.0. The van der Waals surface area contributed by atoms with Crippen LogP contribution >= 0.6 is 0 Å². The van der Waals surface area contributed by atoms with E-state index in [9.17, 15) is 14.7 Å². The molecule has 0 atom stereocenters. The fourth-order valence-electron chi connectivity index (χ4n) is 1.59. The van der Waals surface area contributed by atoms with Crippen molar-refractivity contribution in [2.75, 3.05) is 19.8 Å². The molecule has 1 heterocycles. The molecule has 1 amide bonds. The lowest BCUT2D eigenvalue weighted by atomic mass is 9.86. The van der Waals surface area contributed by atoms with Crippen LogP contribution in [0.15, 0.2) is 0 Å². The van der Waals surface area contributed by atoms with Gasteiger partial charge in [0.1, 0.15) is 5.54 Å². The van der Waals surface area contributed by atoms with Gasteiger partial charge in [0.05, 0.1) is 5.41 Å². The molecule has 6 heteroatoms. The summed E-state index contributed by atoms with van der Waals surface area (Å²) in [5.41, 5.74) is 3.53. The summed E-state index contributed by atoms with van der Waals surface area (Å²) < 4.78 is 5.13. The van der Waals surface area contributed by atoms with E-state index < -0.39 is 16.9 Å². The molecule has 0 radical (unpaired) electrons. The summed E-state index contributed by atoms with van der Waals surface area (Å²) in [6, 6.07) is 0. The van der Waals surface area contributed by atoms with Gasteiger partial charge < -0.3 is 20.9 Å². The van der Waals surface area contributed by atoms with Crippen LogP contribution in [0.4, 0.5) is 0 Å². The minimum Gasteiger partial charge on any atom is -0.480 e. The lowest BCUT2D eigenvalue weighted by Crippen LogP contribution is -2.60. The van der Waals surface area contributed by atoms with Crippen LogP contribution in [0.3, 0.4) is 0 Å². The molecular formula is C11H20N2O4. The highest BCUT2D eigenvalue weighted by Crippen LogP contribution is 2.23. The molecule has 0 saturated carbocycles. The molecule has 0 aromatic heterocycles. The summed E-state index contributed by atoms with van der Waals surface area (Å²) in [4.78, 5) is 23.3. The molecular weight excluding hydrogens is 224 g/mol. The first kappa shape index (κ1) is 13.9. The van der Waals surface area contributed by atoms with Crippen molar-refractivity contribution in [1.82, 2.24) is 5.32 Å². The number of aliphatic carboxylic acids is 1. The van der Waals surface area contributed by atoms with Gasteiger partial charge in [0.2, 0.25) is 5.91 Å². The molecule has 0 unspecified atom stereocenters. The summed E-state index contributed by atoms with van der Waals surface area (Å²) in [6.45, 7) is 4.24. The van der Waals surface area contributed by atoms with Gasteiger partial charge in [0, 0.05) is 32.6 Å². The molecule has 17 heavy (non-hydrogen) atoms. The maximum absolute atomic E-state index is 12.0. The number of carboxylic acids is 1. The molecule has 1 aliphatic rings. The van der Waals surface area contributed by atoms with E-state index in [-0.39, 0.29) is 25.3 Å². The highest BCUT2D eigenvalue weighted by molar-refractivity contribution is 5.89. The first-order chi connectivity index (χ1) is 7.84. The van der Waals surface area contributed by atoms with Crippen molar-refractivity contribution >= 4 is 11.9 Å². The number of carbonyl (C=O) groups is 2. The molecule has 98 valence electrons. The highest BCUT2D eigenvalue weighted by atomic mass is 16.5. The second kappa shape index (κ2) is 5.01. The van der Waals surface area contributed by atoms with E-state index in [0.29, 0.717) is 13.2 Å². The molecule has 0 aliphatic carbocycles. The zero-order valence-corrected chi connectivity index (χ0v) is 10.3. The van der Waals surface area contributed by atoms with Crippen LogP contribution < -0.4 is 11.1 Å². The smallest absolute Gasteiger partial charge is 0.329 e. The monoisotopic (exact) mass is 244 g/mol. The van der Waals surface area contributed by atoms with Gasteiger partial charge in [0.25, 0.3) is 0 Å². The van der Waals surface area contributed by atoms with Crippen LogP contribution in [-0.4, -0.2) is 42.3 Å². The molecule has 1 rings (SSSR count). The van der Waals surface area contributed by atoms with Crippen molar-refractivity contribution in [2.24, 2.45) is 11.1 Å².